The minimum Gasteiger partial charge on any atom is -0.464 e. The molecule has 1 aliphatic rings. The van der Waals surface area contributed by atoms with Crippen LogP contribution in [0.15, 0.2) is 18.2 Å². The fraction of sp³-hybridized carbons (Fsp3) is 0.556. The van der Waals surface area contributed by atoms with Gasteiger partial charge in [0.05, 0.1) is 6.61 Å². The number of benzene rings is 1. The number of hydrogen-bond donors (Lipinski definition) is 1. The Hall–Kier alpha value is -1.84. The van der Waals surface area contributed by atoms with Gasteiger partial charge in [0.1, 0.15) is 6.54 Å². The van der Waals surface area contributed by atoms with E-state index in [4.69, 9.17) is 4.74 Å². The topological polar surface area (TPSA) is 55.4 Å². The summed E-state index contributed by atoms with van der Waals surface area (Å²) in [5, 5.41) is 2.63. The summed E-state index contributed by atoms with van der Waals surface area (Å²) in [6.07, 6.45) is 6.03. The van der Waals surface area contributed by atoms with Crippen molar-refractivity contribution in [3.05, 3.63) is 34.9 Å². The minimum absolute atomic E-state index is 0.0709. The highest BCUT2D eigenvalue weighted by Gasteiger charge is 2.16. The molecule has 0 bridgehead atoms. The van der Waals surface area contributed by atoms with Crippen molar-refractivity contribution in [3.63, 3.8) is 0 Å². The molecule has 0 aromatic heterocycles. The van der Waals surface area contributed by atoms with E-state index in [1.165, 1.54) is 19.3 Å². The summed E-state index contributed by atoms with van der Waals surface area (Å²) in [4.78, 5) is 23.8. The van der Waals surface area contributed by atoms with Gasteiger partial charge in [0.2, 0.25) is 0 Å². The molecule has 1 N–H and O–H groups in total. The molecule has 0 unspecified atom stereocenters. The number of esters is 1. The molecular formula is C18H25NO3. The average Bonchev–Trinajstić information content (AvgIpc) is 2.50. The number of ether oxygens (including phenoxy) is 1. The third kappa shape index (κ3) is 5.17. The van der Waals surface area contributed by atoms with Crippen molar-refractivity contribution >= 4 is 11.9 Å². The van der Waals surface area contributed by atoms with Gasteiger partial charge in [-0.3, -0.25) is 9.59 Å². The molecule has 4 heteroatoms. The molecule has 1 saturated carbocycles. The lowest BCUT2D eigenvalue weighted by Crippen LogP contribution is -2.31. The molecule has 22 heavy (non-hydrogen) atoms. The normalized spacial score (nSPS) is 15.4. The lowest BCUT2D eigenvalue weighted by Gasteiger charge is -2.21. The van der Waals surface area contributed by atoms with E-state index in [9.17, 15) is 9.59 Å². The lowest BCUT2D eigenvalue weighted by atomic mass is 9.90. The summed E-state index contributed by atoms with van der Waals surface area (Å²) >= 11 is 0. The average molecular weight is 303 g/mol. The van der Waals surface area contributed by atoms with Crippen LogP contribution in [0.1, 0.15) is 53.6 Å². The summed E-state index contributed by atoms with van der Waals surface area (Å²) in [5.41, 5.74) is 2.65. The van der Waals surface area contributed by atoms with Crippen LogP contribution in [0.4, 0.5) is 0 Å². The monoisotopic (exact) mass is 303 g/mol. The second kappa shape index (κ2) is 7.97. The fourth-order valence-corrected chi connectivity index (χ4v) is 2.98. The zero-order valence-corrected chi connectivity index (χ0v) is 13.5. The van der Waals surface area contributed by atoms with Crippen LogP contribution in [0.2, 0.25) is 0 Å². The zero-order chi connectivity index (χ0) is 15.9. The Morgan fingerprint density at radius 2 is 1.73 bits per heavy atom. The largest absolute Gasteiger partial charge is 0.464 e. The zero-order valence-electron chi connectivity index (χ0n) is 13.5. The number of amides is 1. The maximum Gasteiger partial charge on any atom is 0.325 e. The Bertz CT molecular complexity index is 513. The van der Waals surface area contributed by atoms with E-state index in [1.807, 2.05) is 32.0 Å². The Balaban J connectivity index is 1.74. The third-order valence-electron chi connectivity index (χ3n) is 4.08. The van der Waals surface area contributed by atoms with Crippen molar-refractivity contribution in [2.75, 3.05) is 13.2 Å². The number of aryl methyl sites for hydroxylation is 2. The molecule has 1 aromatic carbocycles. The molecular weight excluding hydrogens is 278 g/mol. The molecule has 0 saturated heterocycles. The second-order valence-corrected chi connectivity index (χ2v) is 6.25. The first-order valence-corrected chi connectivity index (χ1v) is 8.06. The summed E-state index contributed by atoms with van der Waals surface area (Å²) in [7, 11) is 0. The van der Waals surface area contributed by atoms with Crippen LogP contribution in [0.5, 0.6) is 0 Å². The molecule has 0 atom stereocenters. The molecule has 4 nitrogen and oxygen atoms in total. The Labute approximate surface area is 132 Å². The fourth-order valence-electron chi connectivity index (χ4n) is 2.98. The molecule has 0 radical (unpaired) electrons. The molecule has 120 valence electrons. The van der Waals surface area contributed by atoms with Crippen molar-refractivity contribution in [2.24, 2.45) is 5.92 Å². The Morgan fingerprint density at radius 1 is 1.09 bits per heavy atom. The minimum atomic E-state index is -0.358. The number of rotatable bonds is 5. The highest BCUT2D eigenvalue weighted by atomic mass is 16.5. The van der Waals surface area contributed by atoms with Crippen LogP contribution in [-0.4, -0.2) is 25.0 Å². The van der Waals surface area contributed by atoms with Gasteiger partial charge in [-0.25, -0.2) is 0 Å². The van der Waals surface area contributed by atoms with E-state index in [1.54, 1.807) is 0 Å². The van der Waals surface area contributed by atoms with Crippen LogP contribution >= 0.6 is 0 Å². The maximum atomic E-state index is 12.0. The van der Waals surface area contributed by atoms with E-state index in [0.717, 1.165) is 24.0 Å². The van der Waals surface area contributed by atoms with Crippen LogP contribution in [0, 0.1) is 19.8 Å². The van der Waals surface area contributed by atoms with Crippen molar-refractivity contribution in [2.45, 2.75) is 46.0 Å². The number of carbonyl (C=O) groups is 2. The van der Waals surface area contributed by atoms with Crippen LogP contribution in [0.3, 0.4) is 0 Å². The van der Waals surface area contributed by atoms with Crippen LogP contribution in [-0.2, 0) is 9.53 Å². The molecule has 1 aromatic rings. The lowest BCUT2D eigenvalue weighted by molar-refractivity contribution is -0.144. The molecule has 0 spiro atoms. The van der Waals surface area contributed by atoms with Gasteiger partial charge in [-0.2, -0.15) is 0 Å². The van der Waals surface area contributed by atoms with Crippen molar-refractivity contribution in [1.82, 2.24) is 5.32 Å². The highest BCUT2D eigenvalue weighted by molar-refractivity contribution is 5.96. The van der Waals surface area contributed by atoms with Gasteiger partial charge in [-0.15, -0.1) is 0 Å². The first-order valence-electron chi connectivity index (χ1n) is 8.06. The standard InChI is InChI=1S/C18H25NO3/c1-13-8-14(2)10-16(9-13)18(21)19-11-17(20)22-12-15-6-4-3-5-7-15/h8-10,15H,3-7,11-12H2,1-2H3,(H,19,21). The molecule has 2 rings (SSSR count). The first kappa shape index (κ1) is 16.5. The quantitative estimate of drug-likeness (QED) is 0.850. The predicted molar refractivity (Wildman–Crippen MR) is 85.8 cm³/mol. The van der Waals surface area contributed by atoms with Crippen molar-refractivity contribution in [3.8, 4) is 0 Å². The van der Waals surface area contributed by atoms with Gasteiger partial charge in [0.25, 0.3) is 5.91 Å². The number of hydrogen-bond acceptors (Lipinski definition) is 3. The van der Waals surface area contributed by atoms with Gasteiger partial charge in [-0.1, -0.05) is 36.5 Å². The predicted octanol–water partition coefficient (Wildman–Crippen LogP) is 3.16. The summed E-state index contributed by atoms with van der Waals surface area (Å²) in [5.74, 6) is -0.0995. The SMILES string of the molecule is Cc1cc(C)cc(C(=O)NCC(=O)OCC2CCCCC2)c1. The van der Waals surface area contributed by atoms with Crippen LogP contribution in [0.25, 0.3) is 0 Å². The van der Waals surface area contributed by atoms with Gasteiger partial charge in [0.15, 0.2) is 0 Å². The van der Waals surface area contributed by atoms with E-state index in [-0.39, 0.29) is 18.4 Å². The molecule has 1 amide bonds. The van der Waals surface area contributed by atoms with E-state index in [0.29, 0.717) is 18.1 Å². The summed E-state index contributed by atoms with van der Waals surface area (Å²) in [6.45, 7) is 4.31. The first-order chi connectivity index (χ1) is 10.5. The highest BCUT2D eigenvalue weighted by Crippen LogP contribution is 2.23. The summed E-state index contributed by atoms with van der Waals surface area (Å²) in [6, 6.07) is 5.64. The molecule has 1 fully saturated rings. The van der Waals surface area contributed by atoms with E-state index >= 15 is 0 Å². The van der Waals surface area contributed by atoms with Crippen molar-refractivity contribution in [1.29, 1.82) is 0 Å². The van der Waals surface area contributed by atoms with Crippen LogP contribution < -0.4 is 5.32 Å². The van der Waals surface area contributed by atoms with Gasteiger partial charge in [-0.05, 0) is 44.7 Å². The third-order valence-corrected chi connectivity index (χ3v) is 4.08. The molecule has 1 aliphatic carbocycles. The van der Waals surface area contributed by atoms with E-state index in [2.05, 4.69) is 5.32 Å². The number of nitrogens with one attached hydrogen (secondary N) is 1. The molecule has 0 heterocycles. The van der Waals surface area contributed by atoms with Gasteiger partial charge < -0.3 is 10.1 Å². The second-order valence-electron chi connectivity index (χ2n) is 6.25. The number of carbonyl (C=O) groups excluding carboxylic acids is 2. The smallest absolute Gasteiger partial charge is 0.325 e. The van der Waals surface area contributed by atoms with Gasteiger partial charge in [0, 0.05) is 5.56 Å². The summed E-state index contributed by atoms with van der Waals surface area (Å²) < 4.78 is 5.26. The van der Waals surface area contributed by atoms with E-state index < -0.39 is 0 Å². The Morgan fingerprint density at radius 3 is 2.36 bits per heavy atom. The van der Waals surface area contributed by atoms with Gasteiger partial charge >= 0.3 is 5.97 Å². The molecule has 0 aliphatic heterocycles. The Kier molecular flexibility index (Phi) is 5.99. The maximum absolute atomic E-state index is 12.0. The van der Waals surface area contributed by atoms with Crippen molar-refractivity contribution < 1.29 is 14.3 Å².